The molecule has 2 aromatic rings. The smallest absolute Gasteiger partial charge is 0.341 e. The van der Waals surface area contributed by atoms with Gasteiger partial charge in [0, 0.05) is 16.6 Å². The van der Waals surface area contributed by atoms with Crippen molar-refractivity contribution in [3.05, 3.63) is 69.5 Å². The van der Waals surface area contributed by atoms with E-state index in [-0.39, 0.29) is 17.1 Å². The van der Waals surface area contributed by atoms with Crippen molar-refractivity contribution in [1.82, 2.24) is 5.32 Å². The van der Waals surface area contributed by atoms with Gasteiger partial charge in [-0.15, -0.1) is 0 Å². The molecule has 0 saturated carbocycles. The van der Waals surface area contributed by atoms with E-state index in [2.05, 4.69) is 5.32 Å². The van der Waals surface area contributed by atoms with Crippen LogP contribution >= 0.6 is 23.2 Å². The molecule has 0 bridgehead atoms. The van der Waals surface area contributed by atoms with E-state index in [0.29, 0.717) is 5.02 Å². The van der Waals surface area contributed by atoms with Gasteiger partial charge in [-0.2, -0.15) is 0 Å². The van der Waals surface area contributed by atoms with Gasteiger partial charge in [0.1, 0.15) is 5.82 Å². The van der Waals surface area contributed by atoms with E-state index in [0.717, 1.165) is 17.7 Å². The van der Waals surface area contributed by atoms with Crippen LogP contribution in [0.3, 0.4) is 0 Å². The van der Waals surface area contributed by atoms with E-state index in [1.54, 1.807) is 24.3 Å². The molecular weight excluding hydrogens is 344 g/mol. The number of halogens is 3. The Morgan fingerprint density at radius 1 is 1.09 bits per heavy atom. The van der Waals surface area contributed by atoms with E-state index in [1.807, 2.05) is 0 Å². The molecule has 2 aromatic carbocycles. The summed E-state index contributed by atoms with van der Waals surface area (Å²) in [6.07, 6.45) is 0. The van der Waals surface area contributed by atoms with Crippen LogP contribution in [-0.2, 0) is 16.1 Å². The van der Waals surface area contributed by atoms with Crippen LogP contribution in [0.1, 0.15) is 15.9 Å². The molecule has 1 N–H and O–H groups in total. The zero-order valence-electron chi connectivity index (χ0n) is 11.8. The molecule has 0 aliphatic heterocycles. The first kappa shape index (κ1) is 17.2. The minimum atomic E-state index is -0.956. The van der Waals surface area contributed by atoms with Crippen LogP contribution in [0.25, 0.3) is 0 Å². The van der Waals surface area contributed by atoms with Gasteiger partial charge in [0.05, 0.1) is 5.56 Å². The second kappa shape index (κ2) is 7.94. The van der Waals surface area contributed by atoms with E-state index in [1.165, 1.54) is 6.07 Å². The average Bonchev–Trinajstić information content (AvgIpc) is 2.53. The summed E-state index contributed by atoms with van der Waals surface area (Å²) in [4.78, 5) is 23.4. The molecule has 7 heteroatoms. The largest absolute Gasteiger partial charge is 0.452 e. The van der Waals surface area contributed by atoms with Crippen LogP contribution in [0.4, 0.5) is 4.39 Å². The van der Waals surface area contributed by atoms with Crippen LogP contribution in [-0.4, -0.2) is 18.5 Å². The van der Waals surface area contributed by atoms with Gasteiger partial charge in [-0.3, -0.25) is 4.79 Å². The SMILES string of the molecule is O=C(COC(=O)c1cc(Cl)ccc1F)NCc1cccc(Cl)c1. The third kappa shape index (κ3) is 5.23. The van der Waals surface area contributed by atoms with Gasteiger partial charge in [0.2, 0.25) is 0 Å². The summed E-state index contributed by atoms with van der Waals surface area (Å²) >= 11 is 11.5. The molecule has 2 rings (SSSR count). The standard InChI is InChI=1S/C16H12Cl2FNO3/c17-11-3-1-2-10(6-11)8-20-15(21)9-23-16(22)13-7-12(18)4-5-14(13)19/h1-7H,8-9H2,(H,20,21). The Hall–Kier alpha value is -2.11. The first-order valence-corrected chi connectivity index (χ1v) is 7.34. The number of carbonyl (C=O) groups excluding carboxylic acids is 2. The minimum absolute atomic E-state index is 0.198. The zero-order valence-corrected chi connectivity index (χ0v) is 13.3. The van der Waals surface area contributed by atoms with Gasteiger partial charge in [-0.1, -0.05) is 35.3 Å². The van der Waals surface area contributed by atoms with Crippen molar-refractivity contribution < 1.29 is 18.7 Å². The normalized spacial score (nSPS) is 10.2. The first-order valence-electron chi connectivity index (χ1n) is 6.59. The molecule has 1 amide bonds. The highest BCUT2D eigenvalue weighted by molar-refractivity contribution is 6.31. The fraction of sp³-hybridized carbons (Fsp3) is 0.125. The summed E-state index contributed by atoms with van der Waals surface area (Å²) in [7, 11) is 0. The van der Waals surface area contributed by atoms with Gasteiger partial charge >= 0.3 is 5.97 Å². The van der Waals surface area contributed by atoms with Gasteiger partial charge < -0.3 is 10.1 Å². The number of hydrogen-bond donors (Lipinski definition) is 1. The van der Waals surface area contributed by atoms with Crippen molar-refractivity contribution >= 4 is 35.1 Å². The Morgan fingerprint density at radius 2 is 1.83 bits per heavy atom. The molecule has 0 unspecified atom stereocenters. The van der Waals surface area contributed by atoms with Gasteiger partial charge in [0.25, 0.3) is 5.91 Å². The maximum Gasteiger partial charge on any atom is 0.341 e. The van der Waals surface area contributed by atoms with Crippen molar-refractivity contribution in [3.63, 3.8) is 0 Å². The molecule has 0 aliphatic carbocycles. The van der Waals surface area contributed by atoms with Gasteiger partial charge in [0.15, 0.2) is 6.61 Å². The molecule has 0 fully saturated rings. The van der Waals surface area contributed by atoms with Crippen molar-refractivity contribution in [2.24, 2.45) is 0 Å². The van der Waals surface area contributed by atoms with E-state index in [9.17, 15) is 14.0 Å². The first-order chi connectivity index (χ1) is 11.0. The number of esters is 1. The summed E-state index contributed by atoms with van der Waals surface area (Å²) in [5.41, 5.74) is 0.484. The lowest BCUT2D eigenvalue weighted by Gasteiger charge is -2.07. The molecule has 0 atom stereocenters. The van der Waals surface area contributed by atoms with Gasteiger partial charge in [-0.05, 0) is 35.9 Å². The minimum Gasteiger partial charge on any atom is -0.452 e. The Kier molecular flexibility index (Phi) is 5.96. The number of carbonyl (C=O) groups is 2. The Morgan fingerprint density at radius 3 is 2.57 bits per heavy atom. The second-order valence-electron chi connectivity index (χ2n) is 4.61. The summed E-state index contributed by atoms with van der Waals surface area (Å²) < 4.78 is 18.2. The quantitative estimate of drug-likeness (QED) is 0.833. The van der Waals surface area contributed by atoms with Crippen LogP contribution < -0.4 is 5.32 Å². The van der Waals surface area contributed by atoms with E-state index >= 15 is 0 Å². The lowest BCUT2D eigenvalue weighted by Crippen LogP contribution is -2.28. The molecule has 23 heavy (non-hydrogen) atoms. The fourth-order valence-electron chi connectivity index (χ4n) is 1.76. The van der Waals surface area contributed by atoms with Crippen LogP contribution in [0.5, 0.6) is 0 Å². The average molecular weight is 356 g/mol. The molecule has 120 valence electrons. The number of ether oxygens (including phenoxy) is 1. The predicted molar refractivity (Wildman–Crippen MR) is 85.0 cm³/mol. The Bertz CT molecular complexity index is 737. The summed E-state index contributed by atoms with van der Waals surface area (Å²) in [5.74, 6) is -2.23. The highest BCUT2D eigenvalue weighted by Gasteiger charge is 2.15. The fourth-order valence-corrected chi connectivity index (χ4v) is 2.15. The number of nitrogens with one attached hydrogen (secondary N) is 1. The third-order valence-corrected chi connectivity index (χ3v) is 3.33. The molecule has 0 spiro atoms. The van der Waals surface area contributed by atoms with Crippen LogP contribution in [0.15, 0.2) is 42.5 Å². The summed E-state index contributed by atoms with van der Waals surface area (Å²) in [6, 6.07) is 10.5. The number of hydrogen-bond acceptors (Lipinski definition) is 3. The number of amides is 1. The molecule has 0 radical (unpaired) electrons. The third-order valence-electron chi connectivity index (χ3n) is 2.86. The monoisotopic (exact) mass is 355 g/mol. The van der Waals surface area contributed by atoms with E-state index < -0.39 is 24.3 Å². The van der Waals surface area contributed by atoms with Crippen molar-refractivity contribution in [2.75, 3.05) is 6.61 Å². The Labute approximate surface area is 142 Å². The molecule has 0 saturated heterocycles. The van der Waals surface area contributed by atoms with Crippen molar-refractivity contribution in [1.29, 1.82) is 0 Å². The highest BCUT2D eigenvalue weighted by Crippen LogP contribution is 2.15. The molecule has 0 heterocycles. The molecule has 0 aliphatic rings. The number of benzene rings is 2. The number of rotatable bonds is 5. The predicted octanol–water partition coefficient (Wildman–Crippen LogP) is 3.61. The van der Waals surface area contributed by atoms with E-state index in [4.69, 9.17) is 27.9 Å². The zero-order chi connectivity index (χ0) is 16.8. The molecule has 4 nitrogen and oxygen atoms in total. The maximum absolute atomic E-state index is 13.5. The molecule has 0 aromatic heterocycles. The van der Waals surface area contributed by atoms with Crippen LogP contribution in [0.2, 0.25) is 10.0 Å². The lowest BCUT2D eigenvalue weighted by atomic mass is 10.2. The van der Waals surface area contributed by atoms with Crippen molar-refractivity contribution in [2.45, 2.75) is 6.54 Å². The second-order valence-corrected chi connectivity index (χ2v) is 5.48. The van der Waals surface area contributed by atoms with Crippen LogP contribution in [0, 0.1) is 5.82 Å². The Balaban J connectivity index is 1.84. The lowest BCUT2D eigenvalue weighted by molar-refractivity contribution is -0.124. The summed E-state index contributed by atoms with van der Waals surface area (Å²) in [6.45, 7) is -0.284. The topological polar surface area (TPSA) is 55.4 Å². The summed E-state index contributed by atoms with van der Waals surface area (Å²) in [5, 5.41) is 3.32. The van der Waals surface area contributed by atoms with Gasteiger partial charge in [-0.25, -0.2) is 9.18 Å². The maximum atomic E-state index is 13.5. The van der Waals surface area contributed by atoms with Crippen molar-refractivity contribution in [3.8, 4) is 0 Å². The highest BCUT2D eigenvalue weighted by atomic mass is 35.5. The molecular formula is C16H12Cl2FNO3.